The monoisotopic (exact) mass is 126 g/mol. The van der Waals surface area contributed by atoms with Crippen LogP contribution >= 0.6 is 0 Å². The van der Waals surface area contributed by atoms with E-state index in [1.54, 1.807) is 6.92 Å². The third-order valence-corrected chi connectivity index (χ3v) is 0.786. The number of carbonyl (C=O) groups excluding carboxylic acids is 3. The van der Waals surface area contributed by atoms with Crippen molar-refractivity contribution in [3.05, 3.63) is 6.08 Å². The maximum Gasteiger partial charge on any atom is 0.232 e. The van der Waals surface area contributed by atoms with Gasteiger partial charge < -0.3 is 0 Å². The fourth-order valence-corrected chi connectivity index (χ4v) is 0.308. The van der Waals surface area contributed by atoms with Gasteiger partial charge in [0, 0.05) is 6.42 Å². The van der Waals surface area contributed by atoms with Gasteiger partial charge >= 0.3 is 0 Å². The zero-order chi connectivity index (χ0) is 7.28. The molecule has 0 saturated heterocycles. The zero-order valence-corrected chi connectivity index (χ0v) is 5.01. The average molecular weight is 126 g/mol. The fourth-order valence-electron chi connectivity index (χ4n) is 0.308. The summed E-state index contributed by atoms with van der Waals surface area (Å²) in [5, 5.41) is 0. The van der Waals surface area contributed by atoms with Gasteiger partial charge in [-0.05, 0) is 0 Å². The summed E-state index contributed by atoms with van der Waals surface area (Å²) in [6, 6.07) is 0. The molecular formula is C6H6O3. The molecule has 0 rings (SSSR count). The predicted octanol–water partition coefficient (Wildman–Crippen LogP) is -0.0776. The molecule has 0 aliphatic rings. The molecule has 0 heterocycles. The molecule has 0 bridgehead atoms. The van der Waals surface area contributed by atoms with Crippen molar-refractivity contribution < 1.29 is 14.4 Å². The van der Waals surface area contributed by atoms with E-state index in [4.69, 9.17) is 0 Å². The van der Waals surface area contributed by atoms with Gasteiger partial charge in [-0.2, -0.15) is 0 Å². The lowest BCUT2D eigenvalue weighted by atomic mass is 10.2. The predicted molar refractivity (Wildman–Crippen MR) is 30.6 cm³/mol. The van der Waals surface area contributed by atoms with Crippen LogP contribution in [-0.4, -0.2) is 17.5 Å². The number of carbonyl (C=O) groups is 2. The first-order valence-corrected chi connectivity index (χ1v) is 2.50. The Bertz CT molecular complexity index is 175. The fraction of sp³-hybridized carbons (Fsp3) is 0.333. The molecule has 0 aromatic rings. The standard InChI is InChI=1S/C6H6O3/c1-2-5(8)6(9)3-4-7/h3H,2H2,1H3. The molecule has 3 heteroatoms. The normalized spacial score (nSPS) is 7.67. The van der Waals surface area contributed by atoms with Crippen LogP contribution in [0, 0.1) is 0 Å². The Kier molecular flexibility index (Phi) is 3.25. The molecular weight excluding hydrogens is 120 g/mol. The molecule has 0 aromatic carbocycles. The molecule has 0 N–H and O–H groups in total. The molecule has 48 valence electrons. The maximum atomic E-state index is 10.3. The molecule has 0 fully saturated rings. The summed E-state index contributed by atoms with van der Waals surface area (Å²) in [7, 11) is 0. The van der Waals surface area contributed by atoms with E-state index in [9.17, 15) is 14.4 Å². The average Bonchev–Trinajstić information content (AvgIpc) is 1.87. The maximum absolute atomic E-state index is 10.3. The highest BCUT2D eigenvalue weighted by Gasteiger charge is 2.05. The van der Waals surface area contributed by atoms with Gasteiger partial charge in [-0.25, -0.2) is 4.79 Å². The van der Waals surface area contributed by atoms with E-state index in [0.29, 0.717) is 6.08 Å². The van der Waals surface area contributed by atoms with Gasteiger partial charge in [-0.1, -0.05) is 6.92 Å². The minimum absolute atomic E-state index is 0.136. The highest BCUT2D eigenvalue weighted by molar-refractivity contribution is 6.42. The van der Waals surface area contributed by atoms with E-state index >= 15 is 0 Å². The third kappa shape index (κ3) is 2.57. The van der Waals surface area contributed by atoms with Crippen LogP contribution in [-0.2, 0) is 14.4 Å². The molecule has 0 aliphatic carbocycles. The van der Waals surface area contributed by atoms with E-state index < -0.39 is 11.6 Å². The van der Waals surface area contributed by atoms with E-state index in [1.807, 2.05) is 0 Å². The lowest BCUT2D eigenvalue weighted by Crippen LogP contribution is -2.08. The topological polar surface area (TPSA) is 51.2 Å². The van der Waals surface area contributed by atoms with Crippen molar-refractivity contribution >= 4 is 17.5 Å². The summed E-state index contributed by atoms with van der Waals surface area (Å²) < 4.78 is 0. The highest BCUT2D eigenvalue weighted by Crippen LogP contribution is 1.82. The highest BCUT2D eigenvalue weighted by atomic mass is 16.2. The number of ketones is 2. The number of hydrogen-bond acceptors (Lipinski definition) is 3. The van der Waals surface area contributed by atoms with E-state index in [-0.39, 0.29) is 6.42 Å². The quantitative estimate of drug-likeness (QED) is 0.302. The van der Waals surface area contributed by atoms with Crippen molar-refractivity contribution in [2.75, 3.05) is 0 Å². The molecule has 0 amide bonds. The molecule has 0 aromatic heterocycles. The second-order valence-corrected chi connectivity index (χ2v) is 1.40. The van der Waals surface area contributed by atoms with Gasteiger partial charge in [0.1, 0.15) is 5.94 Å². The summed E-state index contributed by atoms with van der Waals surface area (Å²) in [6.07, 6.45) is 0.739. The van der Waals surface area contributed by atoms with Crippen LogP contribution < -0.4 is 0 Å². The number of hydrogen-bond donors (Lipinski definition) is 0. The Balaban J connectivity index is 4.04. The van der Waals surface area contributed by atoms with Gasteiger partial charge in [-0.15, -0.1) is 0 Å². The summed E-state index contributed by atoms with van der Waals surface area (Å²) in [6.45, 7) is 1.55. The number of rotatable bonds is 3. The van der Waals surface area contributed by atoms with E-state index in [1.165, 1.54) is 5.94 Å². The molecule has 0 unspecified atom stereocenters. The van der Waals surface area contributed by atoms with Gasteiger partial charge in [0.05, 0.1) is 6.08 Å². The van der Waals surface area contributed by atoms with Crippen LogP contribution in [0.4, 0.5) is 0 Å². The van der Waals surface area contributed by atoms with Gasteiger partial charge in [0.15, 0.2) is 0 Å². The number of Topliss-reactive ketones (excluding diaryl/α,β-unsaturated/α-hetero) is 1. The lowest BCUT2D eigenvalue weighted by molar-refractivity contribution is -0.133. The van der Waals surface area contributed by atoms with Crippen LogP contribution in [0.1, 0.15) is 13.3 Å². The van der Waals surface area contributed by atoms with E-state index in [2.05, 4.69) is 0 Å². The lowest BCUT2D eigenvalue weighted by Gasteiger charge is -1.82. The van der Waals surface area contributed by atoms with Crippen LogP contribution in [0.5, 0.6) is 0 Å². The van der Waals surface area contributed by atoms with Crippen molar-refractivity contribution in [2.45, 2.75) is 13.3 Å². The van der Waals surface area contributed by atoms with Gasteiger partial charge in [-0.3, -0.25) is 9.59 Å². The Morgan fingerprint density at radius 3 is 2.44 bits per heavy atom. The first kappa shape index (κ1) is 7.79. The molecule has 0 spiro atoms. The van der Waals surface area contributed by atoms with Crippen LogP contribution in [0.25, 0.3) is 0 Å². The minimum Gasteiger partial charge on any atom is -0.290 e. The largest absolute Gasteiger partial charge is 0.290 e. The first-order valence-electron chi connectivity index (χ1n) is 2.50. The Morgan fingerprint density at radius 1 is 1.56 bits per heavy atom. The van der Waals surface area contributed by atoms with Crippen molar-refractivity contribution in [1.29, 1.82) is 0 Å². The van der Waals surface area contributed by atoms with Crippen LogP contribution in [0.15, 0.2) is 6.08 Å². The molecule has 0 radical (unpaired) electrons. The Hall–Kier alpha value is -1.21. The zero-order valence-electron chi connectivity index (χ0n) is 5.01. The van der Waals surface area contributed by atoms with Crippen LogP contribution in [0.2, 0.25) is 0 Å². The van der Waals surface area contributed by atoms with Crippen molar-refractivity contribution in [2.24, 2.45) is 0 Å². The van der Waals surface area contributed by atoms with Crippen molar-refractivity contribution in [3.63, 3.8) is 0 Å². The summed E-state index contributed by atoms with van der Waals surface area (Å²) >= 11 is 0. The van der Waals surface area contributed by atoms with Crippen molar-refractivity contribution in [1.82, 2.24) is 0 Å². The smallest absolute Gasteiger partial charge is 0.232 e. The van der Waals surface area contributed by atoms with E-state index in [0.717, 1.165) is 0 Å². The number of allylic oxidation sites excluding steroid dienone is 1. The summed E-state index contributed by atoms with van der Waals surface area (Å²) in [5.41, 5.74) is 0. The first-order chi connectivity index (χ1) is 4.22. The van der Waals surface area contributed by atoms with Gasteiger partial charge in [0.2, 0.25) is 11.6 Å². The second-order valence-electron chi connectivity index (χ2n) is 1.40. The molecule has 9 heavy (non-hydrogen) atoms. The molecule has 0 aliphatic heterocycles. The second kappa shape index (κ2) is 3.75. The minimum atomic E-state index is -0.771. The van der Waals surface area contributed by atoms with Crippen molar-refractivity contribution in [3.8, 4) is 0 Å². The Morgan fingerprint density at radius 2 is 2.11 bits per heavy atom. The third-order valence-electron chi connectivity index (χ3n) is 0.786. The SMILES string of the molecule is CCC(=O)C(=O)C=C=O. The molecule has 0 saturated carbocycles. The Labute approximate surface area is 52.4 Å². The van der Waals surface area contributed by atoms with Gasteiger partial charge in [0.25, 0.3) is 0 Å². The molecule has 0 atom stereocenters. The summed E-state index contributed by atoms with van der Waals surface area (Å²) in [5.74, 6) is -0.0906. The molecule has 3 nitrogen and oxygen atoms in total. The van der Waals surface area contributed by atoms with Crippen LogP contribution in [0.3, 0.4) is 0 Å². The summed E-state index contributed by atoms with van der Waals surface area (Å²) in [4.78, 5) is 30.1.